The summed E-state index contributed by atoms with van der Waals surface area (Å²) in [6.07, 6.45) is 6.91. The first-order chi connectivity index (χ1) is 16.7. The lowest BCUT2D eigenvalue weighted by molar-refractivity contribution is -0.120. The maximum atomic E-state index is 13.5. The molecular weight excluding hydrogens is 458 g/mol. The molecule has 4 aromatic rings. The van der Waals surface area contributed by atoms with Crippen LogP contribution in [0.3, 0.4) is 0 Å². The van der Waals surface area contributed by atoms with Crippen molar-refractivity contribution in [2.75, 3.05) is 11.6 Å². The number of amides is 1. The van der Waals surface area contributed by atoms with Crippen molar-refractivity contribution in [3.05, 3.63) is 77.6 Å². The highest BCUT2D eigenvalue weighted by Gasteiger charge is 2.22. The Morgan fingerprint density at radius 3 is 2.34 bits per heavy atom. The van der Waals surface area contributed by atoms with Crippen molar-refractivity contribution in [3.63, 3.8) is 0 Å². The van der Waals surface area contributed by atoms with Crippen molar-refractivity contribution >= 4 is 32.3 Å². The number of aryl methyl sites for hydroxylation is 3. The number of hydrogen-bond donors (Lipinski definition) is 2. The number of benzene rings is 2. The average molecular weight is 490 g/mol. The zero-order valence-electron chi connectivity index (χ0n) is 20.6. The molecule has 35 heavy (non-hydrogen) atoms. The Labute approximate surface area is 206 Å². The van der Waals surface area contributed by atoms with E-state index in [2.05, 4.69) is 33.5 Å². The van der Waals surface area contributed by atoms with Crippen LogP contribution in [-0.2, 0) is 21.1 Å². The number of H-pyrrole nitrogens is 1. The van der Waals surface area contributed by atoms with Gasteiger partial charge in [0.25, 0.3) is 0 Å². The van der Waals surface area contributed by atoms with Crippen molar-refractivity contribution in [3.8, 4) is 11.3 Å². The normalized spacial score (nSPS) is 12.6. The molecule has 2 aromatic heterocycles. The standard InChI is InChI=1S/C28H31N3O3S/c1-5-21(7-6-20-10-12-29-13-11-20)28(32)31-27-24-17-23(35(4,33)34)8-9-25(24)30-26(27)22-15-18(2)14-19(3)16-22/h8-17,21,30H,5-7H2,1-4H3,(H,31,32). The summed E-state index contributed by atoms with van der Waals surface area (Å²) in [5, 5.41) is 3.84. The number of rotatable bonds is 8. The van der Waals surface area contributed by atoms with Gasteiger partial charge in [-0.3, -0.25) is 9.78 Å². The van der Waals surface area contributed by atoms with Gasteiger partial charge < -0.3 is 10.3 Å². The Kier molecular flexibility index (Phi) is 7.08. The lowest BCUT2D eigenvalue weighted by Gasteiger charge is -2.16. The molecule has 6 nitrogen and oxygen atoms in total. The van der Waals surface area contributed by atoms with Crippen molar-refractivity contribution in [2.45, 2.75) is 44.9 Å². The molecule has 2 heterocycles. The molecule has 2 N–H and O–H groups in total. The van der Waals surface area contributed by atoms with Gasteiger partial charge in [0.15, 0.2) is 9.84 Å². The summed E-state index contributed by atoms with van der Waals surface area (Å²) >= 11 is 0. The zero-order valence-corrected chi connectivity index (χ0v) is 21.4. The predicted octanol–water partition coefficient (Wildman–Crippen LogP) is 5.85. The van der Waals surface area contributed by atoms with Gasteiger partial charge >= 0.3 is 0 Å². The van der Waals surface area contributed by atoms with Gasteiger partial charge in [-0.2, -0.15) is 0 Å². The highest BCUT2D eigenvalue weighted by Crippen LogP contribution is 2.37. The Balaban J connectivity index is 1.75. The molecule has 0 saturated carbocycles. The average Bonchev–Trinajstić information content (AvgIpc) is 3.16. The topological polar surface area (TPSA) is 91.9 Å². The van der Waals surface area contributed by atoms with Gasteiger partial charge in [0.05, 0.1) is 16.3 Å². The molecule has 1 amide bonds. The van der Waals surface area contributed by atoms with Crippen LogP contribution in [-0.4, -0.2) is 30.5 Å². The number of carbonyl (C=O) groups is 1. The first kappa shape index (κ1) is 24.7. The molecule has 1 atom stereocenters. The monoisotopic (exact) mass is 489 g/mol. The molecule has 182 valence electrons. The van der Waals surface area contributed by atoms with E-state index in [1.807, 2.05) is 32.9 Å². The third-order valence-corrected chi connectivity index (χ3v) is 7.46. The highest BCUT2D eigenvalue weighted by atomic mass is 32.2. The summed E-state index contributed by atoms with van der Waals surface area (Å²) in [6.45, 7) is 6.08. The van der Waals surface area contributed by atoms with Gasteiger partial charge in [0.1, 0.15) is 0 Å². The molecule has 0 aliphatic carbocycles. The lowest BCUT2D eigenvalue weighted by atomic mass is 9.96. The van der Waals surface area contributed by atoms with Gasteiger partial charge in [-0.05, 0) is 81.1 Å². The molecule has 0 radical (unpaired) electrons. The van der Waals surface area contributed by atoms with E-state index in [1.54, 1.807) is 30.6 Å². The van der Waals surface area contributed by atoms with Gasteiger partial charge in [0.2, 0.25) is 5.91 Å². The molecule has 7 heteroatoms. The summed E-state index contributed by atoms with van der Waals surface area (Å²) in [5.74, 6) is -0.254. The summed E-state index contributed by atoms with van der Waals surface area (Å²) in [4.78, 5) is 21.1. The maximum absolute atomic E-state index is 13.5. The van der Waals surface area contributed by atoms with Crippen LogP contribution in [0.5, 0.6) is 0 Å². The minimum absolute atomic E-state index is 0.0714. The number of nitrogens with zero attached hydrogens (tertiary/aromatic N) is 1. The minimum atomic E-state index is -3.40. The Morgan fingerprint density at radius 2 is 1.71 bits per heavy atom. The number of nitrogens with one attached hydrogen (secondary N) is 2. The van der Waals surface area contributed by atoms with Crippen LogP contribution in [0.2, 0.25) is 0 Å². The van der Waals surface area contributed by atoms with E-state index in [-0.39, 0.29) is 16.7 Å². The summed E-state index contributed by atoms with van der Waals surface area (Å²) in [6, 6.07) is 15.1. The van der Waals surface area contributed by atoms with Gasteiger partial charge in [0, 0.05) is 41.0 Å². The lowest BCUT2D eigenvalue weighted by Crippen LogP contribution is -2.23. The first-order valence-electron chi connectivity index (χ1n) is 11.8. The number of anilines is 1. The van der Waals surface area contributed by atoms with Crippen LogP contribution >= 0.6 is 0 Å². The van der Waals surface area contributed by atoms with Crippen molar-refractivity contribution in [2.24, 2.45) is 5.92 Å². The van der Waals surface area contributed by atoms with E-state index in [9.17, 15) is 13.2 Å². The molecule has 0 saturated heterocycles. The van der Waals surface area contributed by atoms with Crippen LogP contribution in [0.4, 0.5) is 5.69 Å². The minimum Gasteiger partial charge on any atom is -0.353 e. The second-order valence-electron chi connectivity index (χ2n) is 9.22. The second kappa shape index (κ2) is 10.0. The third-order valence-electron chi connectivity index (χ3n) is 6.35. The van der Waals surface area contributed by atoms with Gasteiger partial charge in [-0.1, -0.05) is 24.1 Å². The number of fused-ring (bicyclic) bond motifs is 1. The summed E-state index contributed by atoms with van der Waals surface area (Å²) in [7, 11) is -3.40. The number of hydrogen-bond acceptors (Lipinski definition) is 4. The third kappa shape index (κ3) is 5.62. The van der Waals surface area contributed by atoms with E-state index in [4.69, 9.17) is 0 Å². The molecule has 1 unspecified atom stereocenters. The van der Waals surface area contributed by atoms with Crippen LogP contribution in [0, 0.1) is 19.8 Å². The molecule has 2 aromatic carbocycles. The van der Waals surface area contributed by atoms with Gasteiger partial charge in [-0.15, -0.1) is 0 Å². The molecular formula is C28H31N3O3S. The van der Waals surface area contributed by atoms with Crippen molar-refractivity contribution < 1.29 is 13.2 Å². The fourth-order valence-electron chi connectivity index (χ4n) is 4.50. The van der Waals surface area contributed by atoms with Crippen LogP contribution in [0.15, 0.2) is 65.8 Å². The molecule has 4 rings (SSSR count). The fraction of sp³-hybridized carbons (Fsp3) is 0.286. The Hall–Kier alpha value is -3.45. The molecule has 0 fully saturated rings. The zero-order chi connectivity index (χ0) is 25.2. The molecule has 0 spiro atoms. The Bertz CT molecular complexity index is 1450. The summed E-state index contributed by atoms with van der Waals surface area (Å²) < 4.78 is 24.5. The van der Waals surface area contributed by atoms with E-state index >= 15 is 0 Å². The molecule has 0 bridgehead atoms. The molecule has 0 aliphatic rings. The first-order valence-corrected chi connectivity index (χ1v) is 13.7. The van der Waals surface area contributed by atoms with E-state index in [0.29, 0.717) is 23.9 Å². The molecule has 0 aliphatic heterocycles. The van der Waals surface area contributed by atoms with Crippen molar-refractivity contribution in [1.82, 2.24) is 9.97 Å². The van der Waals surface area contributed by atoms with Gasteiger partial charge in [-0.25, -0.2) is 8.42 Å². The second-order valence-corrected chi connectivity index (χ2v) is 11.2. The summed E-state index contributed by atoms with van der Waals surface area (Å²) in [5.41, 5.74) is 6.46. The number of aromatic nitrogens is 2. The quantitative estimate of drug-likeness (QED) is 0.325. The number of pyridine rings is 1. The SMILES string of the molecule is CCC(CCc1ccncc1)C(=O)Nc1c(-c2cc(C)cc(C)c2)[nH]c2ccc(S(C)(=O)=O)cc12. The van der Waals surface area contributed by atoms with E-state index in [1.165, 1.54) is 6.26 Å². The number of aromatic amines is 1. The van der Waals surface area contributed by atoms with Crippen LogP contribution in [0.25, 0.3) is 22.2 Å². The predicted molar refractivity (Wildman–Crippen MR) is 141 cm³/mol. The smallest absolute Gasteiger partial charge is 0.227 e. The van der Waals surface area contributed by atoms with Crippen LogP contribution in [0.1, 0.15) is 36.5 Å². The fourth-order valence-corrected chi connectivity index (χ4v) is 5.15. The van der Waals surface area contributed by atoms with E-state index < -0.39 is 9.84 Å². The van der Waals surface area contributed by atoms with E-state index in [0.717, 1.165) is 39.9 Å². The Morgan fingerprint density at radius 1 is 1.03 bits per heavy atom. The maximum Gasteiger partial charge on any atom is 0.227 e. The van der Waals surface area contributed by atoms with Crippen molar-refractivity contribution in [1.29, 1.82) is 0 Å². The number of sulfone groups is 1. The van der Waals surface area contributed by atoms with Crippen LogP contribution < -0.4 is 5.32 Å². The number of carbonyl (C=O) groups excluding carboxylic acids is 1. The highest BCUT2D eigenvalue weighted by molar-refractivity contribution is 7.90. The largest absolute Gasteiger partial charge is 0.353 e.